The monoisotopic (exact) mass is 285 g/mol. The summed E-state index contributed by atoms with van der Waals surface area (Å²) in [4.78, 5) is 14.5. The average Bonchev–Trinajstić information content (AvgIpc) is 3.21. The van der Waals surface area contributed by atoms with Crippen molar-refractivity contribution in [3.8, 4) is 0 Å². The predicted molar refractivity (Wildman–Crippen MR) is 79.4 cm³/mol. The minimum Gasteiger partial charge on any atom is -0.451 e. The van der Waals surface area contributed by atoms with E-state index in [0.29, 0.717) is 11.8 Å². The van der Waals surface area contributed by atoms with Crippen LogP contribution in [-0.2, 0) is 6.54 Å². The number of fused-ring (bicyclic) bond motifs is 3. The molecule has 2 atom stereocenters. The van der Waals surface area contributed by atoms with Crippen molar-refractivity contribution < 1.29 is 9.21 Å². The van der Waals surface area contributed by atoms with Crippen LogP contribution in [0.25, 0.3) is 11.0 Å². The van der Waals surface area contributed by atoms with E-state index in [1.807, 2.05) is 24.3 Å². The van der Waals surface area contributed by atoms with Gasteiger partial charge in [0.15, 0.2) is 5.76 Å². The number of nitrogens with two attached hydrogens (primary N) is 1. The molecular weight excluding hydrogens is 266 g/mol. The topological polar surface area (TPSA) is 71.5 Å². The van der Waals surface area contributed by atoms with Gasteiger partial charge in [-0.3, -0.25) is 15.1 Å². The third kappa shape index (κ3) is 2.04. The van der Waals surface area contributed by atoms with E-state index >= 15 is 0 Å². The lowest BCUT2D eigenvalue weighted by Gasteiger charge is -2.26. The quantitative estimate of drug-likeness (QED) is 0.514. The Morgan fingerprint density at radius 1 is 1.38 bits per heavy atom. The van der Waals surface area contributed by atoms with Crippen molar-refractivity contribution in [3.05, 3.63) is 35.6 Å². The molecule has 2 heterocycles. The predicted octanol–water partition coefficient (Wildman–Crippen LogP) is 2.02. The van der Waals surface area contributed by atoms with E-state index in [0.717, 1.165) is 35.5 Å². The highest BCUT2D eigenvalue weighted by Gasteiger charge is 2.38. The van der Waals surface area contributed by atoms with Crippen LogP contribution in [0.15, 0.2) is 28.7 Å². The van der Waals surface area contributed by atoms with E-state index in [1.54, 1.807) is 0 Å². The van der Waals surface area contributed by atoms with Gasteiger partial charge in [0.05, 0.1) is 0 Å². The number of nitrogen functional groups attached to an aromatic ring is 1. The number of benzene rings is 1. The molecule has 5 heteroatoms. The second-order valence-electron chi connectivity index (χ2n) is 6.14. The largest absolute Gasteiger partial charge is 0.451 e. The fraction of sp³-hybridized carbons (Fsp3) is 0.438. The molecule has 0 spiro atoms. The van der Waals surface area contributed by atoms with Crippen LogP contribution in [-0.4, -0.2) is 23.4 Å². The molecular formula is C16H19N3O2. The van der Waals surface area contributed by atoms with E-state index in [4.69, 9.17) is 10.3 Å². The van der Waals surface area contributed by atoms with E-state index in [9.17, 15) is 4.79 Å². The second kappa shape index (κ2) is 4.86. The number of piperidine rings is 1. The summed E-state index contributed by atoms with van der Waals surface area (Å²) in [6.07, 6.45) is 3.93. The van der Waals surface area contributed by atoms with Gasteiger partial charge >= 0.3 is 5.91 Å². The molecule has 110 valence electrons. The van der Waals surface area contributed by atoms with Gasteiger partial charge in [-0.05, 0) is 31.2 Å². The highest BCUT2D eigenvalue weighted by Crippen LogP contribution is 2.39. The van der Waals surface area contributed by atoms with Crippen molar-refractivity contribution in [2.75, 3.05) is 6.54 Å². The number of amides is 1. The Kier molecular flexibility index (Phi) is 2.97. The molecule has 1 saturated carbocycles. The zero-order chi connectivity index (χ0) is 14.4. The molecule has 2 fully saturated rings. The Labute approximate surface area is 123 Å². The fourth-order valence-corrected chi connectivity index (χ4v) is 3.93. The Morgan fingerprint density at radius 3 is 2.95 bits per heavy atom. The van der Waals surface area contributed by atoms with Crippen molar-refractivity contribution in [2.45, 2.75) is 31.8 Å². The molecule has 2 bridgehead atoms. The van der Waals surface area contributed by atoms with Gasteiger partial charge in [-0.25, -0.2) is 5.84 Å². The number of furan rings is 1. The molecule has 2 unspecified atom stereocenters. The van der Waals surface area contributed by atoms with E-state index in [2.05, 4.69) is 10.3 Å². The highest BCUT2D eigenvalue weighted by atomic mass is 16.3. The maximum Gasteiger partial charge on any atom is 0.301 e. The van der Waals surface area contributed by atoms with Gasteiger partial charge in [-0.1, -0.05) is 18.2 Å². The third-order valence-corrected chi connectivity index (χ3v) is 4.92. The molecule has 1 aliphatic heterocycles. The van der Waals surface area contributed by atoms with Crippen molar-refractivity contribution >= 4 is 16.9 Å². The maximum atomic E-state index is 12.0. The van der Waals surface area contributed by atoms with Crippen LogP contribution >= 0.6 is 0 Å². The molecule has 2 aliphatic rings. The van der Waals surface area contributed by atoms with Crippen LogP contribution in [0.1, 0.15) is 35.4 Å². The number of nitrogens with one attached hydrogen (secondary N) is 1. The van der Waals surface area contributed by atoms with Crippen LogP contribution in [0.3, 0.4) is 0 Å². The lowest BCUT2D eigenvalue weighted by Crippen LogP contribution is -2.34. The number of hydrazine groups is 1. The molecule has 1 saturated heterocycles. The lowest BCUT2D eigenvalue weighted by atomic mass is 10.1. The normalized spacial score (nSPS) is 24.8. The number of hydrogen-bond acceptors (Lipinski definition) is 4. The Morgan fingerprint density at radius 2 is 2.24 bits per heavy atom. The van der Waals surface area contributed by atoms with Crippen LogP contribution in [0.2, 0.25) is 0 Å². The van der Waals surface area contributed by atoms with Crippen molar-refractivity contribution in [1.82, 2.24) is 10.3 Å². The number of carbonyl (C=O) groups is 1. The zero-order valence-corrected chi connectivity index (χ0v) is 11.8. The number of likely N-dealkylation sites (tertiary alicyclic amines) is 1. The van der Waals surface area contributed by atoms with Crippen LogP contribution < -0.4 is 11.3 Å². The molecule has 1 amide bonds. The number of para-hydroxylation sites is 1. The molecule has 2 aromatic rings. The van der Waals surface area contributed by atoms with Crippen molar-refractivity contribution in [1.29, 1.82) is 0 Å². The average molecular weight is 285 g/mol. The minimum atomic E-state index is -0.356. The molecule has 5 nitrogen and oxygen atoms in total. The molecule has 1 aliphatic carbocycles. The Bertz CT molecular complexity index is 694. The first-order valence-corrected chi connectivity index (χ1v) is 7.51. The molecule has 3 N–H and O–H groups in total. The Balaban J connectivity index is 1.73. The van der Waals surface area contributed by atoms with Gasteiger partial charge in [0.2, 0.25) is 0 Å². The van der Waals surface area contributed by atoms with Gasteiger partial charge in [0.1, 0.15) is 5.58 Å². The molecule has 1 aromatic carbocycles. The smallest absolute Gasteiger partial charge is 0.301 e. The fourth-order valence-electron chi connectivity index (χ4n) is 3.93. The number of hydrogen-bond donors (Lipinski definition) is 2. The van der Waals surface area contributed by atoms with Crippen LogP contribution in [0.4, 0.5) is 0 Å². The first-order chi connectivity index (χ1) is 10.3. The summed E-state index contributed by atoms with van der Waals surface area (Å²) in [5.74, 6) is 6.12. The van der Waals surface area contributed by atoms with Crippen molar-refractivity contribution in [3.63, 3.8) is 0 Å². The van der Waals surface area contributed by atoms with E-state index < -0.39 is 0 Å². The second-order valence-corrected chi connectivity index (χ2v) is 6.14. The third-order valence-electron chi connectivity index (χ3n) is 4.92. The molecule has 0 radical (unpaired) electrons. The van der Waals surface area contributed by atoms with Gasteiger partial charge in [-0.2, -0.15) is 0 Å². The summed E-state index contributed by atoms with van der Waals surface area (Å²) in [6.45, 7) is 1.90. The number of carbonyl (C=O) groups excluding carboxylic acids is 1. The summed E-state index contributed by atoms with van der Waals surface area (Å²) < 4.78 is 5.72. The van der Waals surface area contributed by atoms with E-state index in [1.165, 1.54) is 19.3 Å². The van der Waals surface area contributed by atoms with E-state index in [-0.39, 0.29) is 5.91 Å². The summed E-state index contributed by atoms with van der Waals surface area (Å²) >= 11 is 0. The van der Waals surface area contributed by atoms with Gasteiger partial charge < -0.3 is 4.42 Å². The highest BCUT2D eigenvalue weighted by molar-refractivity contribution is 5.98. The molecule has 1 aromatic heterocycles. The molecule has 4 rings (SSSR count). The van der Waals surface area contributed by atoms with Crippen LogP contribution in [0, 0.1) is 5.92 Å². The lowest BCUT2D eigenvalue weighted by molar-refractivity contribution is 0.0924. The summed E-state index contributed by atoms with van der Waals surface area (Å²) in [7, 11) is 0. The minimum absolute atomic E-state index is 0.349. The first kappa shape index (κ1) is 12.9. The maximum absolute atomic E-state index is 12.0. The van der Waals surface area contributed by atoms with Gasteiger partial charge in [0, 0.05) is 30.1 Å². The summed E-state index contributed by atoms with van der Waals surface area (Å²) in [5, 5.41) is 1.01. The van der Waals surface area contributed by atoms with Gasteiger partial charge in [-0.15, -0.1) is 0 Å². The first-order valence-electron chi connectivity index (χ1n) is 7.51. The standard InChI is InChI=1S/C16H19N3O2/c17-18-16(20)15-13(12-3-1-2-4-14(12)21-15)9-19-8-10-5-6-11(19)7-10/h1-4,10-11H,5-9,17H2,(H,18,20). The van der Waals surface area contributed by atoms with Crippen LogP contribution in [0.5, 0.6) is 0 Å². The summed E-state index contributed by atoms with van der Waals surface area (Å²) in [6, 6.07) is 8.45. The number of nitrogens with zero attached hydrogens (tertiary/aromatic N) is 1. The SMILES string of the molecule is NNC(=O)c1oc2ccccc2c1CN1CC2CCC1C2. The zero-order valence-electron chi connectivity index (χ0n) is 11.8. The van der Waals surface area contributed by atoms with Crippen molar-refractivity contribution in [2.24, 2.45) is 11.8 Å². The van der Waals surface area contributed by atoms with Gasteiger partial charge in [0.25, 0.3) is 0 Å². The Hall–Kier alpha value is -1.85. The number of rotatable bonds is 3. The molecule has 21 heavy (non-hydrogen) atoms. The summed E-state index contributed by atoms with van der Waals surface area (Å²) in [5.41, 5.74) is 3.90.